The van der Waals surface area contributed by atoms with Crippen LogP contribution in [-0.2, 0) is 4.74 Å². The molecule has 174 valence electrons. The summed E-state index contributed by atoms with van der Waals surface area (Å²) in [7, 11) is 0. The molecular weight excluding hydrogens is 453 g/mol. The molecule has 7 nitrogen and oxygen atoms in total. The number of halogens is 1. The van der Waals surface area contributed by atoms with Gasteiger partial charge in [-0.2, -0.15) is 5.10 Å². The highest BCUT2D eigenvalue weighted by molar-refractivity contribution is 7.14. The number of amides is 1. The predicted molar refractivity (Wildman–Crippen MR) is 132 cm³/mol. The van der Waals surface area contributed by atoms with E-state index in [4.69, 9.17) is 9.72 Å². The van der Waals surface area contributed by atoms with E-state index in [0.29, 0.717) is 28.3 Å². The highest BCUT2D eigenvalue weighted by Gasteiger charge is 2.20. The van der Waals surface area contributed by atoms with Gasteiger partial charge in [0.1, 0.15) is 5.82 Å². The molecule has 34 heavy (non-hydrogen) atoms. The van der Waals surface area contributed by atoms with Gasteiger partial charge in [0.2, 0.25) is 0 Å². The molecule has 4 aromatic rings. The van der Waals surface area contributed by atoms with Crippen molar-refractivity contribution in [1.82, 2.24) is 14.8 Å². The molecule has 0 aliphatic carbocycles. The van der Waals surface area contributed by atoms with Gasteiger partial charge < -0.3 is 15.0 Å². The third-order valence-electron chi connectivity index (χ3n) is 5.80. The van der Waals surface area contributed by atoms with Crippen LogP contribution in [0.15, 0.2) is 53.9 Å². The van der Waals surface area contributed by atoms with Crippen LogP contribution in [0.25, 0.3) is 16.9 Å². The molecule has 5 rings (SSSR count). The Bertz CT molecular complexity index is 1310. The third kappa shape index (κ3) is 4.44. The molecule has 0 spiro atoms. The first-order valence-corrected chi connectivity index (χ1v) is 11.9. The summed E-state index contributed by atoms with van der Waals surface area (Å²) in [5.41, 5.74) is 5.09. The fraction of sp³-hybridized carbons (Fsp3) is 0.240. The first-order chi connectivity index (χ1) is 16.5. The predicted octanol–water partition coefficient (Wildman–Crippen LogP) is 4.84. The Morgan fingerprint density at radius 2 is 1.76 bits per heavy atom. The van der Waals surface area contributed by atoms with E-state index in [-0.39, 0.29) is 11.7 Å². The molecule has 1 aliphatic heterocycles. The minimum atomic E-state index is -0.318. The second-order valence-electron chi connectivity index (χ2n) is 8.08. The lowest BCUT2D eigenvalue weighted by Crippen LogP contribution is -2.36. The van der Waals surface area contributed by atoms with Gasteiger partial charge in [0, 0.05) is 29.7 Å². The van der Waals surface area contributed by atoms with Crippen LogP contribution in [-0.4, -0.2) is 47.0 Å². The molecule has 1 saturated heterocycles. The quantitative estimate of drug-likeness (QED) is 0.445. The van der Waals surface area contributed by atoms with E-state index < -0.39 is 0 Å². The zero-order valence-corrected chi connectivity index (χ0v) is 19.7. The Kier molecular flexibility index (Phi) is 6.12. The molecule has 9 heteroatoms. The van der Waals surface area contributed by atoms with Gasteiger partial charge in [0.25, 0.3) is 5.91 Å². The van der Waals surface area contributed by atoms with Crippen LogP contribution in [0.2, 0.25) is 0 Å². The number of anilines is 2. The van der Waals surface area contributed by atoms with Gasteiger partial charge in [-0.3, -0.25) is 4.79 Å². The number of ether oxygens (including phenoxy) is 1. The minimum Gasteiger partial charge on any atom is -0.378 e. The summed E-state index contributed by atoms with van der Waals surface area (Å²) in [5.74, 6) is -0.555. The summed E-state index contributed by atoms with van der Waals surface area (Å²) < 4.78 is 20.3. The number of hydrogen-bond donors (Lipinski definition) is 1. The average Bonchev–Trinajstić information content (AvgIpc) is 3.45. The van der Waals surface area contributed by atoms with Crippen molar-refractivity contribution in [1.29, 1.82) is 0 Å². The van der Waals surface area contributed by atoms with E-state index in [9.17, 15) is 9.18 Å². The molecule has 0 unspecified atom stereocenters. The largest absolute Gasteiger partial charge is 0.378 e. The number of nitrogens with zero attached hydrogens (tertiary/aromatic N) is 4. The number of morpholine rings is 1. The summed E-state index contributed by atoms with van der Waals surface area (Å²) in [4.78, 5) is 20.0. The lowest BCUT2D eigenvalue weighted by atomic mass is 10.1. The van der Waals surface area contributed by atoms with Crippen molar-refractivity contribution in [2.24, 2.45) is 0 Å². The second-order valence-corrected chi connectivity index (χ2v) is 8.92. The first-order valence-electron chi connectivity index (χ1n) is 11.0. The lowest BCUT2D eigenvalue weighted by Gasteiger charge is -2.26. The number of carbonyl (C=O) groups excluding carboxylic acids is 1. The molecule has 1 N–H and O–H groups in total. The van der Waals surface area contributed by atoms with Crippen molar-refractivity contribution in [2.75, 3.05) is 36.5 Å². The van der Waals surface area contributed by atoms with Gasteiger partial charge in [-0.25, -0.2) is 14.1 Å². The van der Waals surface area contributed by atoms with Crippen LogP contribution in [0.1, 0.15) is 21.7 Å². The number of rotatable bonds is 5. The van der Waals surface area contributed by atoms with Crippen LogP contribution in [0, 0.1) is 19.7 Å². The van der Waals surface area contributed by atoms with Gasteiger partial charge in [-0.1, -0.05) is 12.1 Å². The highest BCUT2D eigenvalue weighted by Crippen LogP contribution is 2.29. The summed E-state index contributed by atoms with van der Waals surface area (Å²) in [5, 5.41) is 10.5. The van der Waals surface area contributed by atoms with Crippen LogP contribution in [0.5, 0.6) is 0 Å². The normalized spacial score (nSPS) is 13.8. The van der Waals surface area contributed by atoms with Crippen LogP contribution in [0.3, 0.4) is 0 Å². The van der Waals surface area contributed by atoms with Crippen molar-refractivity contribution in [3.63, 3.8) is 0 Å². The van der Waals surface area contributed by atoms with Crippen molar-refractivity contribution in [3.05, 3.63) is 76.7 Å². The Balaban J connectivity index is 1.30. The van der Waals surface area contributed by atoms with Gasteiger partial charge in [0.05, 0.1) is 41.5 Å². The highest BCUT2D eigenvalue weighted by atomic mass is 32.1. The van der Waals surface area contributed by atoms with Crippen molar-refractivity contribution in [2.45, 2.75) is 13.8 Å². The summed E-state index contributed by atoms with van der Waals surface area (Å²) in [6, 6.07) is 13.7. The van der Waals surface area contributed by atoms with Gasteiger partial charge in [-0.15, -0.1) is 11.3 Å². The topological polar surface area (TPSA) is 72.3 Å². The molecule has 0 saturated carbocycles. The maximum Gasteiger partial charge on any atom is 0.259 e. The standard InChI is InChI=1S/C25H24FN5O2S/c1-16-23(17(2)31(29-16)21-9-5-19(26)6-10-21)24(32)27-20-7-3-18(4-8-20)22-15-34-25(28-22)30-11-13-33-14-12-30/h3-10,15H,11-14H2,1-2H3,(H,27,32). The molecule has 1 fully saturated rings. The maximum atomic E-state index is 13.3. The smallest absolute Gasteiger partial charge is 0.259 e. The Hall–Kier alpha value is -3.56. The Morgan fingerprint density at radius 1 is 1.06 bits per heavy atom. The van der Waals surface area contributed by atoms with Crippen molar-refractivity contribution < 1.29 is 13.9 Å². The lowest BCUT2D eigenvalue weighted by molar-refractivity contribution is 0.102. The molecular formula is C25H24FN5O2S. The van der Waals surface area contributed by atoms with Crippen LogP contribution >= 0.6 is 11.3 Å². The van der Waals surface area contributed by atoms with E-state index in [2.05, 4.69) is 20.7 Å². The molecule has 0 atom stereocenters. The van der Waals surface area contributed by atoms with Gasteiger partial charge in [-0.05, 0) is 50.2 Å². The number of carbonyl (C=O) groups is 1. The molecule has 1 amide bonds. The number of thiazole rings is 1. The molecule has 2 aromatic heterocycles. The zero-order valence-electron chi connectivity index (χ0n) is 18.9. The molecule has 2 aromatic carbocycles. The van der Waals surface area contributed by atoms with E-state index in [1.165, 1.54) is 12.1 Å². The first kappa shape index (κ1) is 22.2. The summed E-state index contributed by atoms with van der Waals surface area (Å²) >= 11 is 1.63. The summed E-state index contributed by atoms with van der Waals surface area (Å²) in [6.45, 7) is 6.79. The maximum absolute atomic E-state index is 13.3. The molecule has 1 aliphatic rings. The van der Waals surface area contributed by atoms with E-state index in [0.717, 1.165) is 42.7 Å². The Morgan fingerprint density at radius 3 is 2.47 bits per heavy atom. The molecule has 0 radical (unpaired) electrons. The molecule has 0 bridgehead atoms. The average molecular weight is 478 g/mol. The van der Waals surface area contributed by atoms with Crippen molar-refractivity contribution in [3.8, 4) is 16.9 Å². The number of nitrogens with one attached hydrogen (secondary N) is 1. The molecule has 3 heterocycles. The van der Waals surface area contributed by atoms with Gasteiger partial charge >= 0.3 is 0 Å². The monoisotopic (exact) mass is 477 g/mol. The van der Waals surface area contributed by atoms with Crippen molar-refractivity contribution >= 4 is 28.1 Å². The van der Waals surface area contributed by atoms with E-state index in [1.807, 2.05) is 31.2 Å². The number of aryl methyl sites for hydroxylation is 1. The third-order valence-corrected chi connectivity index (χ3v) is 6.70. The van der Waals surface area contributed by atoms with Crippen LogP contribution < -0.4 is 10.2 Å². The van der Waals surface area contributed by atoms with Crippen LogP contribution in [0.4, 0.5) is 15.2 Å². The van der Waals surface area contributed by atoms with E-state index in [1.54, 1.807) is 35.1 Å². The number of hydrogen-bond acceptors (Lipinski definition) is 6. The number of aromatic nitrogens is 3. The fourth-order valence-electron chi connectivity index (χ4n) is 4.02. The van der Waals surface area contributed by atoms with Gasteiger partial charge in [0.15, 0.2) is 5.13 Å². The minimum absolute atomic E-state index is 0.237. The SMILES string of the molecule is Cc1nn(-c2ccc(F)cc2)c(C)c1C(=O)Nc1ccc(-c2csc(N3CCOCC3)n2)cc1. The number of benzene rings is 2. The summed E-state index contributed by atoms with van der Waals surface area (Å²) in [6.07, 6.45) is 0. The zero-order chi connectivity index (χ0) is 23.7. The second kappa shape index (κ2) is 9.36. The fourth-order valence-corrected chi connectivity index (χ4v) is 4.91. The van der Waals surface area contributed by atoms with E-state index >= 15 is 0 Å². The Labute approximate surface area is 200 Å².